The van der Waals surface area contributed by atoms with E-state index in [2.05, 4.69) is 0 Å². The third-order valence-electron chi connectivity index (χ3n) is 4.70. The van der Waals surface area contributed by atoms with Crippen molar-refractivity contribution in [3.05, 3.63) is 47.8 Å². The van der Waals surface area contributed by atoms with Gasteiger partial charge in [0.1, 0.15) is 5.82 Å². The van der Waals surface area contributed by atoms with Gasteiger partial charge in [0.05, 0.1) is 32.8 Å². The van der Waals surface area contributed by atoms with Crippen molar-refractivity contribution in [1.29, 1.82) is 5.26 Å². The molecular formula is C18H19FN4O4S2. The summed E-state index contributed by atoms with van der Waals surface area (Å²) in [7, 11) is -7.76. The van der Waals surface area contributed by atoms with Crippen molar-refractivity contribution in [3.63, 3.8) is 0 Å². The molecule has 11 heteroatoms. The second-order valence-corrected chi connectivity index (χ2v) is 10.2. The first-order chi connectivity index (χ1) is 13.5. The number of primary sulfonamides is 1. The molecule has 1 aliphatic rings. The van der Waals surface area contributed by atoms with Crippen molar-refractivity contribution in [3.8, 4) is 6.07 Å². The molecule has 0 amide bonds. The van der Waals surface area contributed by atoms with Gasteiger partial charge >= 0.3 is 0 Å². The molecule has 2 N–H and O–H groups in total. The molecule has 1 fully saturated rings. The number of sulfone groups is 1. The highest BCUT2D eigenvalue weighted by atomic mass is 32.2. The van der Waals surface area contributed by atoms with E-state index >= 15 is 0 Å². The maximum atomic E-state index is 14.3. The van der Waals surface area contributed by atoms with Gasteiger partial charge in [0.15, 0.2) is 9.84 Å². The fraction of sp³-hybridized carbons (Fsp3) is 0.278. The summed E-state index contributed by atoms with van der Waals surface area (Å²) in [6.07, 6.45) is 1.00. The Bertz CT molecular complexity index is 1200. The lowest BCUT2D eigenvalue weighted by molar-refractivity contribution is 0.591. The van der Waals surface area contributed by atoms with Crippen LogP contribution in [-0.4, -0.2) is 49.3 Å². The van der Waals surface area contributed by atoms with E-state index in [0.29, 0.717) is 37.6 Å². The van der Waals surface area contributed by atoms with Crippen LogP contribution in [0.15, 0.2) is 46.2 Å². The summed E-state index contributed by atoms with van der Waals surface area (Å²) < 4.78 is 61.9. The molecule has 8 nitrogen and oxygen atoms in total. The third-order valence-corrected chi connectivity index (χ3v) is 6.73. The highest BCUT2D eigenvalue weighted by Crippen LogP contribution is 2.30. The number of sulfonamides is 1. The van der Waals surface area contributed by atoms with Gasteiger partial charge < -0.3 is 9.80 Å². The second-order valence-electron chi connectivity index (χ2n) is 6.70. The van der Waals surface area contributed by atoms with E-state index in [-0.39, 0.29) is 15.4 Å². The van der Waals surface area contributed by atoms with Gasteiger partial charge in [-0.2, -0.15) is 5.26 Å². The fourth-order valence-electron chi connectivity index (χ4n) is 3.25. The maximum Gasteiger partial charge on any atom is 0.238 e. The Morgan fingerprint density at radius 3 is 2.00 bits per heavy atom. The van der Waals surface area contributed by atoms with Gasteiger partial charge in [-0.3, -0.25) is 0 Å². The van der Waals surface area contributed by atoms with Crippen LogP contribution in [0, 0.1) is 17.1 Å². The first-order valence-corrected chi connectivity index (χ1v) is 12.0. The quantitative estimate of drug-likeness (QED) is 0.757. The second kappa shape index (κ2) is 7.62. The SMILES string of the molecule is CS(=O)(=O)c1cc(S(N)(=O)=O)ccc1N1CCN(c2ccc(C#N)cc2F)CC1. The number of nitriles is 1. The van der Waals surface area contributed by atoms with Crippen LogP contribution in [0.1, 0.15) is 5.56 Å². The van der Waals surface area contributed by atoms with Gasteiger partial charge in [0.25, 0.3) is 0 Å². The van der Waals surface area contributed by atoms with Crippen LogP contribution in [-0.2, 0) is 19.9 Å². The van der Waals surface area contributed by atoms with Crippen molar-refractivity contribution in [2.24, 2.45) is 5.14 Å². The first kappa shape index (κ1) is 21.0. The number of halogens is 1. The summed E-state index contributed by atoms with van der Waals surface area (Å²) in [6.45, 7) is 1.64. The minimum atomic E-state index is -4.04. The van der Waals surface area contributed by atoms with Crippen molar-refractivity contribution >= 4 is 31.2 Å². The normalized spacial score (nSPS) is 15.2. The molecule has 0 unspecified atom stereocenters. The lowest BCUT2D eigenvalue weighted by Crippen LogP contribution is -2.47. The minimum absolute atomic E-state index is 0.123. The predicted molar refractivity (Wildman–Crippen MR) is 106 cm³/mol. The highest BCUT2D eigenvalue weighted by molar-refractivity contribution is 7.91. The number of benzene rings is 2. The summed E-state index contributed by atoms with van der Waals surface area (Å²) >= 11 is 0. The molecular weight excluding hydrogens is 419 g/mol. The number of rotatable bonds is 4. The molecule has 2 aromatic carbocycles. The number of nitrogens with zero attached hydrogens (tertiary/aromatic N) is 3. The topological polar surface area (TPSA) is 125 Å². The van der Waals surface area contributed by atoms with Gasteiger partial charge in [-0.15, -0.1) is 0 Å². The third kappa shape index (κ3) is 4.50. The Morgan fingerprint density at radius 1 is 0.966 bits per heavy atom. The van der Waals surface area contributed by atoms with E-state index in [4.69, 9.17) is 10.4 Å². The molecule has 1 aliphatic heterocycles. The van der Waals surface area contributed by atoms with E-state index in [1.807, 2.05) is 11.0 Å². The summed E-state index contributed by atoms with van der Waals surface area (Å²) in [6, 6.07) is 9.91. The molecule has 0 bridgehead atoms. The van der Waals surface area contributed by atoms with E-state index in [0.717, 1.165) is 12.3 Å². The van der Waals surface area contributed by atoms with Crippen molar-refractivity contribution in [2.45, 2.75) is 9.79 Å². The zero-order valence-electron chi connectivity index (χ0n) is 15.5. The summed E-state index contributed by atoms with van der Waals surface area (Å²) in [5.41, 5.74) is 0.981. The highest BCUT2D eigenvalue weighted by Gasteiger charge is 2.25. The largest absolute Gasteiger partial charge is 0.367 e. The molecule has 1 heterocycles. The zero-order chi connectivity index (χ0) is 21.4. The van der Waals surface area contributed by atoms with Crippen molar-refractivity contribution in [1.82, 2.24) is 0 Å². The number of nitrogens with two attached hydrogens (primary N) is 1. The van der Waals surface area contributed by atoms with Crippen LogP contribution < -0.4 is 14.9 Å². The molecule has 0 aliphatic carbocycles. The molecule has 2 aromatic rings. The molecule has 3 rings (SSSR count). The molecule has 0 atom stereocenters. The number of piperazine rings is 1. The van der Waals surface area contributed by atoms with Gasteiger partial charge in [-0.25, -0.2) is 26.4 Å². The standard InChI is InChI=1S/C18H19FN4O4S2/c1-28(24,25)18-11-14(29(21,26)27)3-5-17(18)23-8-6-22(7-9-23)16-4-2-13(12-20)10-15(16)19/h2-5,10-11H,6-9H2,1H3,(H2,21,26,27). The van der Waals surface area contributed by atoms with E-state index in [1.54, 1.807) is 17.0 Å². The average molecular weight is 439 g/mol. The molecule has 1 saturated heterocycles. The van der Waals surface area contributed by atoms with Crippen LogP contribution in [0.25, 0.3) is 0 Å². The van der Waals surface area contributed by atoms with Gasteiger partial charge in [-0.05, 0) is 36.4 Å². The Hall–Kier alpha value is -2.68. The van der Waals surface area contributed by atoms with Crippen LogP contribution >= 0.6 is 0 Å². The van der Waals surface area contributed by atoms with Gasteiger partial charge in [-0.1, -0.05) is 0 Å². The average Bonchev–Trinajstić information content (AvgIpc) is 2.66. The van der Waals surface area contributed by atoms with Gasteiger partial charge in [0, 0.05) is 32.4 Å². The maximum absolute atomic E-state index is 14.3. The lowest BCUT2D eigenvalue weighted by atomic mass is 10.1. The number of hydrogen-bond acceptors (Lipinski definition) is 7. The first-order valence-electron chi connectivity index (χ1n) is 8.57. The summed E-state index contributed by atoms with van der Waals surface area (Å²) in [4.78, 5) is 3.22. The Kier molecular flexibility index (Phi) is 5.53. The van der Waals surface area contributed by atoms with E-state index in [1.165, 1.54) is 18.2 Å². The van der Waals surface area contributed by atoms with Crippen molar-refractivity contribution < 1.29 is 21.2 Å². The molecule has 0 saturated carbocycles. The Balaban J connectivity index is 1.87. The summed E-state index contributed by atoms with van der Waals surface area (Å²) in [5, 5.41) is 14.0. The smallest absolute Gasteiger partial charge is 0.238 e. The number of hydrogen-bond donors (Lipinski definition) is 1. The Morgan fingerprint density at radius 2 is 1.52 bits per heavy atom. The Labute approximate surface area is 168 Å². The molecule has 0 spiro atoms. The molecule has 29 heavy (non-hydrogen) atoms. The monoisotopic (exact) mass is 438 g/mol. The van der Waals surface area contributed by atoms with Crippen LogP contribution in [0.3, 0.4) is 0 Å². The molecule has 0 aromatic heterocycles. The van der Waals surface area contributed by atoms with E-state index in [9.17, 15) is 21.2 Å². The van der Waals surface area contributed by atoms with Crippen LogP contribution in [0.4, 0.5) is 15.8 Å². The fourth-order valence-corrected chi connectivity index (χ4v) is 4.78. The summed E-state index contributed by atoms with van der Waals surface area (Å²) in [5.74, 6) is -0.494. The lowest BCUT2D eigenvalue weighted by Gasteiger charge is -2.38. The zero-order valence-corrected chi connectivity index (χ0v) is 17.2. The van der Waals surface area contributed by atoms with Crippen LogP contribution in [0.2, 0.25) is 0 Å². The molecule has 0 radical (unpaired) electrons. The minimum Gasteiger partial charge on any atom is -0.367 e. The van der Waals surface area contributed by atoms with Crippen molar-refractivity contribution in [2.75, 3.05) is 42.2 Å². The molecule has 154 valence electrons. The van der Waals surface area contributed by atoms with Gasteiger partial charge in [0.2, 0.25) is 10.0 Å². The predicted octanol–water partition coefficient (Wildman–Crippen LogP) is 1.07. The van der Waals surface area contributed by atoms with E-state index < -0.39 is 25.7 Å². The number of anilines is 2. The van der Waals surface area contributed by atoms with Crippen LogP contribution in [0.5, 0.6) is 0 Å².